The molecule has 13 heavy (non-hydrogen) atoms. The van der Waals surface area contributed by atoms with Crippen LogP contribution < -0.4 is 5.73 Å². The molecule has 1 aliphatic carbocycles. The Labute approximate surface area is 79.1 Å². The zero-order chi connectivity index (χ0) is 9.26. The Morgan fingerprint density at radius 1 is 1.31 bits per heavy atom. The lowest BCUT2D eigenvalue weighted by atomic mass is 9.83. The van der Waals surface area contributed by atoms with Gasteiger partial charge >= 0.3 is 0 Å². The lowest BCUT2D eigenvalue weighted by Crippen LogP contribution is -2.31. The molecular formula is C11H17NO. The fourth-order valence-corrected chi connectivity index (χ4v) is 2.17. The fraction of sp³-hybridized carbons (Fsp3) is 0.636. The molecule has 1 aromatic heterocycles. The van der Waals surface area contributed by atoms with Gasteiger partial charge in [0.2, 0.25) is 0 Å². The predicted molar refractivity (Wildman–Crippen MR) is 52.6 cm³/mol. The number of furan rings is 1. The van der Waals surface area contributed by atoms with Gasteiger partial charge in [0.15, 0.2) is 0 Å². The summed E-state index contributed by atoms with van der Waals surface area (Å²) in [5.74, 6) is 2.54. The Kier molecular flexibility index (Phi) is 2.40. The molecule has 0 spiro atoms. The highest BCUT2D eigenvalue weighted by molar-refractivity contribution is 5.13. The number of rotatable bonds is 1. The summed E-state index contributed by atoms with van der Waals surface area (Å²) in [5, 5.41) is 0. The fourth-order valence-electron chi connectivity index (χ4n) is 2.17. The molecule has 0 aromatic carbocycles. The Hall–Kier alpha value is -0.760. The zero-order valence-electron chi connectivity index (χ0n) is 8.12. The van der Waals surface area contributed by atoms with Crippen molar-refractivity contribution in [1.82, 2.24) is 0 Å². The molecule has 1 heterocycles. The van der Waals surface area contributed by atoms with Crippen LogP contribution in [0.4, 0.5) is 0 Å². The van der Waals surface area contributed by atoms with Gasteiger partial charge in [-0.3, -0.25) is 0 Å². The van der Waals surface area contributed by atoms with E-state index in [1.807, 2.05) is 13.0 Å². The summed E-state index contributed by atoms with van der Waals surface area (Å²) in [6.45, 7) is 1.98. The first kappa shape index (κ1) is 8.82. The van der Waals surface area contributed by atoms with E-state index in [1.165, 1.54) is 19.3 Å². The highest BCUT2D eigenvalue weighted by atomic mass is 16.3. The Bertz CT molecular complexity index is 279. The van der Waals surface area contributed by atoms with Crippen LogP contribution in [0.5, 0.6) is 0 Å². The topological polar surface area (TPSA) is 39.2 Å². The van der Waals surface area contributed by atoms with Gasteiger partial charge < -0.3 is 10.2 Å². The monoisotopic (exact) mass is 179 g/mol. The van der Waals surface area contributed by atoms with E-state index in [0.717, 1.165) is 17.9 Å². The molecule has 2 atom stereocenters. The van der Waals surface area contributed by atoms with Gasteiger partial charge in [0.1, 0.15) is 11.5 Å². The van der Waals surface area contributed by atoms with E-state index in [2.05, 4.69) is 6.07 Å². The standard InChI is InChI=1S/C11H17NO/c1-8-6-7-11(13-8)9-4-2-3-5-10(9)12/h6-7,9-10H,2-5,12H2,1H3. The normalized spacial score (nSPS) is 29.1. The highest BCUT2D eigenvalue weighted by Gasteiger charge is 2.25. The van der Waals surface area contributed by atoms with Crippen molar-refractivity contribution >= 4 is 0 Å². The van der Waals surface area contributed by atoms with E-state index in [9.17, 15) is 0 Å². The van der Waals surface area contributed by atoms with E-state index in [1.54, 1.807) is 0 Å². The van der Waals surface area contributed by atoms with E-state index < -0.39 is 0 Å². The van der Waals surface area contributed by atoms with Crippen LogP contribution >= 0.6 is 0 Å². The second kappa shape index (κ2) is 3.54. The lowest BCUT2D eigenvalue weighted by molar-refractivity contribution is 0.330. The smallest absolute Gasteiger partial charge is 0.108 e. The van der Waals surface area contributed by atoms with Crippen molar-refractivity contribution in [2.24, 2.45) is 5.73 Å². The number of nitrogens with two attached hydrogens (primary N) is 1. The third-order valence-corrected chi connectivity index (χ3v) is 2.95. The summed E-state index contributed by atoms with van der Waals surface area (Å²) in [5.41, 5.74) is 6.06. The molecule has 0 aliphatic heterocycles. The molecule has 2 rings (SSSR count). The van der Waals surface area contributed by atoms with Crippen LogP contribution in [0.2, 0.25) is 0 Å². The number of hydrogen-bond acceptors (Lipinski definition) is 2. The van der Waals surface area contributed by atoms with Crippen LogP contribution in [0.3, 0.4) is 0 Å². The molecule has 1 saturated carbocycles. The minimum absolute atomic E-state index is 0.305. The zero-order valence-corrected chi connectivity index (χ0v) is 8.12. The molecule has 0 amide bonds. The van der Waals surface area contributed by atoms with Gasteiger partial charge in [-0.15, -0.1) is 0 Å². The van der Waals surface area contributed by atoms with Crippen LogP contribution in [-0.4, -0.2) is 6.04 Å². The number of hydrogen-bond donors (Lipinski definition) is 1. The molecule has 1 aliphatic rings. The van der Waals surface area contributed by atoms with Gasteiger partial charge in [-0.2, -0.15) is 0 Å². The van der Waals surface area contributed by atoms with Crippen LogP contribution in [0.15, 0.2) is 16.5 Å². The quantitative estimate of drug-likeness (QED) is 0.719. The Morgan fingerprint density at radius 3 is 2.69 bits per heavy atom. The van der Waals surface area contributed by atoms with E-state index in [0.29, 0.717) is 12.0 Å². The van der Waals surface area contributed by atoms with Crippen LogP contribution in [0, 0.1) is 6.92 Å². The van der Waals surface area contributed by atoms with Crippen molar-refractivity contribution in [2.45, 2.75) is 44.6 Å². The molecule has 2 nitrogen and oxygen atoms in total. The van der Waals surface area contributed by atoms with Gasteiger partial charge in [0.05, 0.1) is 0 Å². The van der Waals surface area contributed by atoms with Crippen molar-refractivity contribution in [3.05, 3.63) is 23.7 Å². The summed E-state index contributed by atoms with van der Waals surface area (Å²) < 4.78 is 5.61. The average molecular weight is 179 g/mol. The third kappa shape index (κ3) is 1.78. The molecule has 0 saturated heterocycles. The molecule has 0 bridgehead atoms. The van der Waals surface area contributed by atoms with Crippen molar-refractivity contribution in [3.63, 3.8) is 0 Å². The molecule has 0 radical (unpaired) electrons. The maximum atomic E-state index is 6.06. The van der Waals surface area contributed by atoms with Crippen LogP contribution in [-0.2, 0) is 0 Å². The molecular weight excluding hydrogens is 162 g/mol. The van der Waals surface area contributed by atoms with E-state index in [-0.39, 0.29) is 0 Å². The van der Waals surface area contributed by atoms with E-state index >= 15 is 0 Å². The molecule has 1 aromatic rings. The molecule has 2 N–H and O–H groups in total. The largest absolute Gasteiger partial charge is 0.466 e. The van der Waals surface area contributed by atoms with Gasteiger partial charge in [-0.25, -0.2) is 0 Å². The van der Waals surface area contributed by atoms with Crippen molar-refractivity contribution in [1.29, 1.82) is 0 Å². The Morgan fingerprint density at radius 2 is 2.08 bits per heavy atom. The summed E-state index contributed by atoms with van der Waals surface area (Å²) in [7, 11) is 0. The third-order valence-electron chi connectivity index (χ3n) is 2.95. The summed E-state index contributed by atoms with van der Waals surface area (Å²) in [6.07, 6.45) is 4.90. The van der Waals surface area contributed by atoms with Gasteiger partial charge in [-0.05, 0) is 31.9 Å². The minimum atomic E-state index is 0.305. The second-order valence-electron chi connectivity index (χ2n) is 4.00. The first-order chi connectivity index (χ1) is 6.27. The van der Waals surface area contributed by atoms with Crippen molar-refractivity contribution in [3.8, 4) is 0 Å². The minimum Gasteiger partial charge on any atom is -0.466 e. The van der Waals surface area contributed by atoms with E-state index in [4.69, 9.17) is 10.2 Å². The summed E-state index contributed by atoms with van der Waals surface area (Å²) >= 11 is 0. The molecule has 72 valence electrons. The molecule has 2 heteroatoms. The van der Waals surface area contributed by atoms with Crippen LogP contribution in [0.1, 0.15) is 43.1 Å². The van der Waals surface area contributed by atoms with Crippen molar-refractivity contribution < 1.29 is 4.42 Å². The maximum absolute atomic E-state index is 6.06. The number of aryl methyl sites for hydroxylation is 1. The first-order valence-corrected chi connectivity index (χ1v) is 5.09. The average Bonchev–Trinajstić information content (AvgIpc) is 2.53. The van der Waals surface area contributed by atoms with Gasteiger partial charge in [-0.1, -0.05) is 12.8 Å². The SMILES string of the molecule is Cc1ccc(C2CCCCC2N)o1. The summed E-state index contributed by atoms with van der Waals surface area (Å²) in [4.78, 5) is 0. The molecule has 2 unspecified atom stereocenters. The highest BCUT2D eigenvalue weighted by Crippen LogP contribution is 2.32. The Balaban J connectivity index is 2.14. The van der Waals surface area contributed by atoms with Gasteiger partial charge in [0, 0.05) is 12.0 Å². The predicted octanol–water partition coefficient (Wildman–Crippen LogP) is 2.57. The lowest BCUT2D eigenvalue weighted by Gasteiger charge is -2.26. The van der Waals surface area contributed by atoms with Gasteiger partial charge in [0.25, 0.3) is 0 Å². The van der Waals surface area contributed by atoms with Crippen LogP contribution in [0.25, 0.3) is 0 Å². The maximum Gasteiger partial charge on any atom is 0.108 e. The second-order valence-corrected chi connectivity index (χ2v) is 4.00. The van der Waals surface area contributed by atoms with Crippen molar-refractivity contribution in [2.75, 3.05) is 0 Å². The first-order valence-electron chi connectivity index (χ1n) is 5.09. The summed E-state index contributed by atoms with van der Waals surface area (Å²) in [6, 6.07) is 4.40. The molecule has 1 fully saturated rings.